The smallest absolute Gasteiger partial charge is 0.272 e. The van der Waals surface area contributed by atoms with Gasteiger partial charge in [0.1, 0.15) is 11.6 Å². The number of fused-ring (bicyclic) bond motifs is 2. The Bertz CT molecular complexity index is 1160. The highest BCUT2D eigenvalue weighted by molar-refractivity contribution is 7.97. The van der Waals surface area contributed by atoms with Crippen LogP contribution in [0.1, 0.15) is 16.8 Å². The van der Waals surface area contributed by atoms with Crippen molar-refractivity contribution in [3.8, 4) is 6.07 Å². The molecule has 0 aliphatic heterocycles. The minimum atomic E-state index is -0.202. The van der Waals surface area contributed by atoms with Gasteiger partial charge in [0.2, 0.25) is 0 Å². The second-order valence-corrected chi connectivity index (χ2v) is 6.66. The molecule has 0 spiro atoms. The van der Waals surface area contributed by atoms with Crippen LogP contribution in [0.4, 0.5) is 0 Å². The summed E-state index contributed by atoms with van der Waals surface area (Å²) < 4.78 is 1.29. The minimum absolute atomic E-state index is 0.202. The van der Waals surface area contributed by atoms with Crippen LogP contribution in [0.2, 0.25) is 0 Å². The van der Waals surface area contributed by atoms with Gasteiger partial charge in [-0.3, -0.25) is 9.89 Å². The Morgan fingerprint density at radius 3 is 2.88 bits per heavy atom. The summed E-state index contributed by atoms with van der Waals surface area (Å²) in [7, 11) is 0. The van der Waals surface area contributed by atoms with Crippen LogP contribution in [0.5, 0.6) is 0 Å². The Hall–Kier alpha value is -3.04. The molecule has 0 saturated heterocycles. The molecule has 0 atom stereocenters. The molecule has 2 aromatic carbocycles. The molecule has 6 heteroatoms. The van der Waals surface area contributed by atoms with Gasteiger partial charge >= 0.3 is 0 Å². The third kappa shape index (κ3) is 2.90. The predicted octanol–water partition coefficient (Wildman–Crippen LogP) is 3.48. The number of thioether (sulfide) groups is 1. The molecule has 122 valence electrons. The lowest BCUT2D eigenvalue weighted by Gasteiger charge is -2.06. The zero-order valence-corrected chi connectivity index (χ0v) is 14.1. The van der Waals surface area contributed by atoms with E-state index < -0.39 is 0 Å². The highest BCUT2D eigenvalue weighted by atomic mass is 32.2. The lowest BCUT2D eigenvalue weighted by molar-refractivity contribution is 0.888. The van der Waals surface area contributed by atoms with E-state index in [1.807, 2.05) is 18.2 Å². The standard InChI is InChI=1S/C19H14N4OS/c20-9-15-10-21-23-18(24)8-16(22-19(15)23)12-25-11-14-6-3-5-13-4-1-2-7-17(13)14/h1-8,10,21H,11-12H2. The Kier molecular flexibility index (Phi) is 4.00. The minimum Gasteiger partial charge on any atom is -0.295 e. The van der Waals surface area contributed by atoms with Gasteiger partial charge in [0.15, 0.2) is 5.65 Å². The average Bonchev–Trinajstić information content (AvgIpc) is 3.05. The Labute approximate surface area is 147 Å². The highest BCUT2D eigenvalue weighted by Gasteiger charge is 2.09. The van der Waals surface area contributed by atoms with Crippen molar-refractivity contribution in [2.45, 2.75) is 11.5 Å². The van der Waals surface area contributed by atoms with Crippen molar-refractivity contribution < 1.29 is 0 Å². The molecule has 1 N–H and O–H groups in total. The number of H-pyrrole nitrogens is 1. The molecular formula is C19H14N4OS. The largest absolute Gasteiger partial charge is 0.295 e. The number of benzene rings is 2. The molecule has 0 radical (unpaired) electrons. The number of hydrogen-bond acceptors (Lipinski definition) is 4. The molecule has 0 unspecified atom stereocenters. The summed E-state index contributed by atoms with van der Waals surface area (Å²) in [5.41, 5.74) is 2.51. The second-order valence-electron chi connectivity index (χ2n) is 5.67. The fraction of sp³-hybridized carbons (Fsp3) is 0.105. The maximum Gasteiger partial charge on any atom is 0.272 e. The van der Waals surface area contributed by atoms with E-state index in [-0.39, 0.29) is 5.56 Å². The van der Waals surface area contributed by atoms with Gasteiger partial charge in [-0.1, -0.05) is 42.5 Å². The zero-order valence-electron chi connectivity index (χ0n) is 13.3. The number of nitriles is 1. The highest BCUT2D eigenvalue weighted by Crippen LogP contribution is 2.24. The van der Waals surface area contributed by atoms with Crippen molar-refractivity contribution in [1.82, 2.24) is 14.6 Å². The van der Waals surface area contributed by atoms with E-state index in [4.69, 9.17) is 5.26 Å². The molecule has 0 fully saturated rings. The van der Waals surface area contributed by atoms with Gasteiger partial charge in [-0.15, -0.1) is 0 Å². The Morgan fingerprint density at radius 1 is 1.16 bits per heavy atom. The van der Waals surface area contributed by atoms with Crippen molar-refractivity contribution >= 4 is 28.2 Å². The van der Waals surface area contributed by atoms with Gasteiger partial charge in [0, 0.05) is 23.8 Å². The van der Waals surface area contributed by atoms with E-state index in [1.54, 1.807) is 11.8 Å². The van der Waals surface area contributed by atoms with E-state index in [9.17, 15) is 4.79 Å². The van der Waals surface area contributed by atoms with Crippen LogP contribution in [0.15, 0.2) is 59.5 Å². The van der Waals surface area contributed by atoms with E-state index in [0.717, 1.165) is 5.75 Å². The summed E-state index contributed by atoms with van der Waals surface area (Å²) in [4.78, 5) is 16.6. The Morgan fingerprint density at radius 2 is 2.00 bits per heavy atom. The van der Waals surface area contributed by atoms with E-state index in [2.05, 4.69) is 40.4 Å². The molecule has 0 aliphatic rings. The van der Waals surface area contributed by atoms with E-state index in [0.29, 0.717) is 22.7 Å². The molecule has 2 aromatic heterocycles. The quantitative estimate of drug-likeness (QED) is 0.614. The molecule has 0 saturated carbocycles. The topological polar surface area (TPSA) is 73.9 Å². The molecule has 4 rings (SSSR count). The molecular weight excluding hydrogens is 332 g/mol. The first kappa shape index (κ1) is 15.5. The first-order valence-corrected chi connectivity index (χ1v) is 8.96. The fourth-order valence-electron chi connectivity index (χ4n) is 2.87. The maximum atomic E-state index is 12.1. The van der Waals surface area contributed by atoms with Crippen LogP contribution in [-0.4, -0.2) is 14.6 Å². The number of hydrogen-bond donors (Lipinski definition) is 1. The van der Waals surface area contributed by atoms with Gasteiger partial charge in [0.25, 0.3) is 5.56 Å². The number of aromatic nitrogens is 3. The van der Waals surface area contributed by atoms with Crippen molar-refractivity contribution in [3.63, 3.8) is 0 Å². The summed E-state index contributed by atoms with van der Waals surface area (Å²) >= 11 is 1.70. The van der Waals surface area contributed by atoms with E-state index >= 15 is 0 Å². The molecule has 2 heterocycles. The van der Waals surface area contributed by atoms with Crippen LogP contribution in [0.3, 0.4) is 0 Å². The third-order valence-corrected chi connectivity index (χ3v) is 5.07. The SMILES string of the molecule is N#Cc1c[nH]n2c(=O)cc(CSCc3cccc4ccccc34)nc12. The summed E-state index contributed by atoms with van der Waals surface area (Å²) in [6.07, 6.45) is 1.50. The van der Waals surface area contributed by atoms with Crippen LogP contribution < -0.4 is 5.56 Å². The lowest BCUT2D eigenvalue weighted by atomic mass is 10.1. The van der Waals surface area contributed by atoms with Gasteiger partial charge in [-0.05, 0) is 16.3 Å². The Balaban J connectivity index is 1.56. The average molecular weight is 346 g/mol. The fourth-order valence-corrected chi connectivity index (χ4v) is 3.80. The van der Waals surface area contributed by atoms with Crippen molar-refractivity contribution in [1.29, 1.82) is 5.26 Å². The van der Waals surface area contributed by atoms with Gasteiger partial charge in [-0.2, -0.15) is 17.0 Å². The van der Waals surface area contributed by atoms with Gasteiger partial charge in [0.05, 0.1) is 5.69 Å². The van der Waals surface area contributed by atoms with Crippen molar-refractivity contribution in [3.05, 3.63) is 81.9 Å². The normalized spacial score (nSPS) is 11.0. The van der Waals surface area contributed by atoms with Gasteiger partial charge in [-0.25, -0.2) is 9.50 Å². The molecule has 0 amide bonds. The molecule has 0 aliphatic carbocycles. The lowest BCUT2D eigenvalue weighted by Crippen LogP contribution is -2.15. The number of aromatic amines is 1. The molecule has 25 heavy (non-hydrogen) atoms. The number of nitrogens with zero attached hydrogens (tertiary/aromatic N) is 3. The van der Waals surface area contributed by atoms with Crippen molar-refractivity contribution in [2.24, 2.45) is 0 Å². The van der Waals surface area contributed by atoms with Crippen LogP contribution in [0.25, 0.3) is 16.4 Å². The molecule has 4 aromatic rings. The number of nitrogens with one attached hydrogen (secondary N) is 1. The van der Waals surface area contributed by atoms with Crippen LogP contribution in [0, 0.1) is 11.3 Å². The summed E-state index contributed by atoms with van der Waals surface area (Å²) in [5, 5.41) is 14.3. The zero-order chi connectivity index (χ0) is 17.2. The first-order valence-electron chi connectivity index (χ1n) is 7.81. The van der Waals surface area contributed by atoms with Crippen LogP contribution in [-0.2, 0) is 11.5 Å². The van der Waals surface area contributed by atoms with Crippen LogP contribution >= 0.6 is 11.8 Å². The van der Waals surface area contributed by atoms with Gasteiger partial charge < -0.3 is 0 Å². The predicted molar refractivity (Wildman–Crippen MR) is 99.5 cm³/mol. The summed E-state index contributed by atoms with van der Waals surface area (Å²) in [6.45, 7) is 0. The van der Waals surface area contributed by atoms with Crippen molar-refractivity contribution in [2.75, 3.05) is 0 Å². The third-order valence-electron chi connectivity index (χ3n) is 4.06. The summed E-state index contributed by atoms with van der Waals surface area (Å²) in [5.74, 6) is 1.45. The summed E-state index contributed by atoms with van der Waals surface area (Å²) in [6, 6.07) is 18.2. The van der Waals surface area contributed by atoms with E-state index in [1.165, 1.54) is 33.1 Å². The molecule has 0 bridgehead atoms. The molecule has 5 nitrogen and oxygen atoms in total. The maximum absolute atomic E-state index is 12.1. The second kappa shape index (κ2) is 6.46. The number of rotatable bonds is 4. The monoisotopic (exact) mass is 346 g/mol. The first-order chi connectivity index (χ1) is 12.3.